The fourth-order valence-corrected chi connectivity index (χ4v) is 2.32. The number of H-pyrrole nitrogens is 1. The van der Waals surface area contributed by atoms with Crippen molar-refractivity contribution in [3.8, 4) is 17.0 Å². The van der Waals surface area contributed by atoms with Crippen LogP contribution in [0.4, 0.5) is 0 Å². The van der Waals surface area contributed by atoms with Crippen LogP contribution in [0.15, 0.2) is 24.3 Å². The smallest absolute Gasteiger partial charge is 0.116 e. The van der Waals surface area contributed by atoms with Gasteiger partial charge in [0.15, 0.2) is 0 Å². The number of nitrogens with one attached hydrogen (secondary N) is 1. The van der Waals surface area contributed by atoms with Crippen molar-refractivity contribution in [2.24, 2.45) is 0 Å². The van der Waals surface area contributed by atoms with Gasteiger partial charge in [-0.2, -0.15) is 5.10 Å². The lowest BCUT2D eigenvalue weighted by atomic mass is 10.0. The van der Waals surface area contributed by atoms with Gasteiger partial charge in [-0.05, 0) is 19.2 Å². The van der Waals surface area contributed by atoms with Crippen LogP contribution in [0, 0.1) is 0 Å². The van der Waals surface area contributed by atoms with Gasteiger partial charge in [0.2, 0.25) is 0 Å². The van der Waals surface area contributed by atoms with Crippen LogP contribution in [0.2, 0.25) is 0 Å². The van der Waals surface area contributed by atoms with Gasteiger partial charge in [-0.25, -0.2) is 0 Å². The number of aromatic amines is 1. The molecule has 2 N–H and O–H groups in total. The average Bonchev–Trinajstić information content (AvgIpc) is 2.71. The van der Waals surface area contributed by atoms with Crippen molar-refractivity contribution < 1.29 is 5.11 Å². The van der Waals surface area contributed by atoms with Crippen LogP contribution in [0.25, 0.3) is 11.3 Å². The summed E-state index contributed by atoms with van der Waals surface area (Å²) in [6.07, 6.45) is 1.01. The van der Waals surface area contributed by atoms with Crippen molar-refractivity contribution in [1.82, 2.24) is 15.1 Å². The number of fused-ring (bicyclic) bond motifs is 1. The molecule has 0 saturated heterocycles. The number of hydrogen-bond acceptors (Lipinski definition) is 3. The molecule has 0 aliphatic carbocycles. The summed E-state index contributed by atoms with van der Waals surface area (Å²) in [5.41, 5.74) is 4.41. The second kappa shape index (κ2) is 3.89. The topological polar surface area (TPSA) is 52.2 Å². The number of phenolic OH excluding ortho intramolecular Hbond substituents is 1. The molecule has 2 aromatic rings. The second-order valence-corrected chi connectivity index (χ2v) is 4.57. The first-order valence-electron chi connectivity index (χ1n) is 5.78. The summed E-state index contributed by atoms with van der Waals surface area (Å²) in [6, 6.07) is 7.25. The fraction of sp³-hybridized carbons (Fsp3) is 0.308. The largest absolute Gasteiger partial charge is 0.508 e. The number of benzene rings is 1. The third-order valence-electron chi connectivity index (χ3n) is 3.24. The van der Waals surface area contributed by atoms with Gasteiger partial charge in [-0.1, -0.05) is 12.1 Å². The van der Waals surface area contributed by atoms with E-state index in [4.69, 9.17) is 0 Å². The summed E-state index contributed by atoms with van der Waals surface area (Å²) in [6.45, 7) is 1.98. The molecule has 0 bridgehead atoms. The lowest BCUT2D eigenvalue weighted by Gasteiger charge is -2.22. The molecule has 4 nitrogen and oxygen atoms in total. The standard InChI is InChI=1S/C13H15N3O/c1-16-6-5-12-11(8-16)13(15-14-12)9-3-2-4-10(17)7-9/h2-4,7,17H,5-6,8H2,1H3,(H,14,15). The summed E-state index contributed by atoms with van der Waals surface area (Å²) in [5, 5.41) is 17.0. The first-order chi connectivity index (χ1) is 8.24. The van der Waals surface area contributed by atoms with Crippen LogP contribution in [-0.2, 0) is 13.0 Å². The van der Waals surface area contributed by atoms with Crippen molar-refractivity contribution in [1.29, 1.82) is 0 Å². The van der Waals surface area contributed by atoms with Gasteiger partial charge in [0.1, 0.15) is 5.75 Å². The number of hydrogen-bond donors (Lipinski definition) is 2. The van der Waals surface area contributed by atoms with Crippen molar-refractivity contribution in [2.75, 3.05) is 13.6 Å². The summed E-state index contributed by atoms with van der Waals surface area (Å²) < 4.78 is 0. The number of phenols is 1. The summed E-state index contributed by atoms with van der Waals surface area (Å²) in [5.74, 6) is 0.281. The van der Waals surface area contributed by atoms with Crippen LogP contribution < -0.4 is 0 Å². The molecule has 0 fully saturated rings. The van der Waals surface area contributed by atoms with E-state index in [0.29, 0.717) is 0 Å². The molecule has 0 spiro atoms. The Kier molecular flexibility index (Phi) is 2.37. The molecule has 4 heteroatoms. The SMILES string of the molecule is CN1CCc2[nH]nc(-c3cccc(O)c3)c2C1. The van der Waals surface area contributed by atoms with E-state index in [1.54, 1.807) is 12.1 Å². The Bertz CT molecular complexity index is 547. The number of likely N-dealkylation sites (N-methyl/N-ethyl adjacent to an activating group) is 1. The van der Waals surface area contributed by atoms with Crippen LogP contribution in [0.1, 0.15) is 11.3 Å². The zero-order valence-electron chi connectivity index (χ0n) is 9.77. The molecule has 0 saturated carbocycles. The number of aromatic nitrogens is 2. The van der Waals surface area contributed by atoms with E-state index in [0.717, 1.165) is 30.8 Å². The summed E-state index contributed by atoms with van der Waals surface area (Å²) >= 11 is 0. The van der Waals surface area contributed by atoms with Crippen LogP contribution in [0.3, 0.4) is 0 Å². The van der Waals surface area contributed by atoms with Gasteiger partial charge in [-0.3, -0.25) is 5.10 Å². The minimum absolute atomic E-state index is 0.281. The van der Waals surface area contributed by atoms with Gasteiger partial charge in [-0.15, -0.1) is 0 Å². The maximum atomic E-state index is 9.52. The van der Waals surface area contributed by atoms with Crippen molar-refractivity contribution in [2.45, 2.75) is 13.0 Å². The maximum Gasteiger partial charge on any atom is 0.116 e. The molecular weight excluding hydrogens is 214 g/mol. The van der Waals surface area contributed by atoms with E-state index < -0.39 is 0 Å². The molecule has 17 heavy (non-hydrogen) atoms. The molecule has 1 aromatic carbocycles. The van der Waals surface area contributed by atoms with Gasteiger partial charge in [0.05, 0.1) is 5.69 Å². The molecule has 0 radical (unpaired) electrons. The molecule has 1 aliphatic heterocycles. The lowest BCUT2D eigenvalue weighted by molar-refractivity contribution is 0.312. The first-order valence-corrected chi connectivity index (χ1v) is 5.78. The van der Waals surface area contributed by atoms with Crippen LogP contribution in [-0.4, -0.2) is 33.8 Å². The molecule has 88 valence electrons. The molecule has 0 atom stereocenters. The van der Waals surface area contributed by atoms with Crippen molar-refractivity contribution >= 4 is 0 Å². The third-order valence-corrected chi connectivity index (χ3v) is 3.24. The van der Waals surface area contributed by atoms with Gasteiger partial charge in [0, 0.05) is 36.3 Å². The minimum Gasteiger partial charge on any atom is -0.508 e. The predicted molar refractivity (Wildman–Crippen MR) is 65.7 cm³/mol. The van der Waals surface area contributed by atoms with Crippen LogP contribution >= 0.6 is 0 Å². The zero-order valence-corrected chi connectivity index (χ0v) is 9.77. The van der Waals surface area contributed by atoms with Crippen LogP contribution in [0.5, 0.6) is 5.75 Å². The molecule has 0 amide bonds. The molecule has 3 rings (SSSR count). The molecule has 1 aromatic heterocycles. The Morgan fingerprint density at radius 2 is 2.29 bits per heavy atom. The normalized spacial score (nSPS) is 15.8. The minimum atomic E-state index is 0.281. The quantitative estimate of drug-likeness (QED) is 0.783. The Balaban J connectivity index is 2.07. The van der Waals surface area contributed by atoms with Gasteiger partial charge < -0.3 is 10.0 Å². The number of rotatable bonds is 1. The average molecular weight is 229 g/mol. The van der Waals surface area contributed by atoms with Crippen molar-refractivity contribution in [3.05, 3.63) is 35.5 Å². The van der Waals surface area contributed by atoms with Gasteiger partial charge in [0.25, 0.3) is 0 Å². The monoisotopic (exact) mass is 229 g/mol. The maximum absolute atomic E-state index is 9.52. The van der Waals surface area contributed by atoms with E-state index in [9.17, 15) is 5.11 Å². The number of aromatic hydroxyl groups is 1. The Labute approximate surface area is 99.9 Å². The highest BCUT2D eigenvalue weighted by atomic mass is 16.3. The highest BCUT2D eigenvalue weighted by Gasteiger charge is 2.20. The first kappa shape index (κ1) is 10.4. The van der Waals surface area contributed by atoms with Crippen molar-refractivity contribution in [3.63, 3.8) is 0 Å². The predicted octanol–water partition coefficient (Wildman–Crippen LogP) is 1.77. The van der Waals surface area contributed by atoms with E-state index in [1.807, 2.05) is 12.1 Å². The van der Waals surface area contributed by atoms with E-state index in [1.165, 1.54) is 11.3 Å². The van der Waals surface area contributed by atoms with E-state index in [-0.39, 0.29) is 5.75 Å². The molecule has 0 unspecified atom stereocenters. The molecular formula is C13H15N3O. The Morgan fingerprint density at radius 3 is 3.12 bits per heavy atom. The fourth-order valence-electron chi connectivity index (χ4n) is 2.32. The highest BCUT2D eigenvalue weighted by molar-refractivity contribution is 5.65. The van der Waals surface area contributed by atoms with E-state index in [2.05, 4.69) is 22.1 Å². The summed E-state index contributed by atoms with van der Waals surface area (Å²) in [7, 11) is 2.11. The third kappa shape index (κ3) is 1.80. The Morgan fingerprint density at radius 1 is 1.41 bits per heavy atom. The number of nitrogens with zero attached hydrogens (tertiary/aromatic N) is 2. The highest BCUT2D eigenvalue weighted by Crippen LogP contribution is 2.29. The Hall–Kier alpha value is -1.81. The molecule has 1 aliphatic rings. The second-order valence-electron chi connectivity index (χ2n) is 4.57. The summed E-state index contributed by atoms with van der Waals surface area (Å²) in [4.78, 5) is 2.28. The molecule has 2 heterocycles. The zero-order chi connectivity index (χ0) is 11.8. The lowest BCUT2D eigenvalue weighted by Crippen LogP contribution is -2.26. The van der Waals surface area contributed by atoms with Gasteiger partial charge >= 0.3 is 0 Å². The van der Waals surface area contributed by atoms with E-state index >= 15 is 0 Å².